The zero-order valence-electron chi connectivity index (χ0n) is 11.3. The fourth-order valence-electron chi connectivity index (χ4n) is 1.72. The van der Waals surface area contributed by atoms with E-state index in [4.69, 9.17) is 20.6 Å². The maximum atomic E-state index is 11.5. The van der Waals surface area contributed by atoms with Gasteiger partial charge in [-0.1, -0.05) is 0 Å². The van der Waals surface area contributed by atoms with E-state index in [0.717, 1.165) is 0 Å². The van der Waals surface area contributed by atoms with Gasteiger partial charge < -0.3 is 20.6 Å². The Bertz CT molecular complexity index is 770. The Hall–Kier alpha value is -2.61. The lowest BCUT2D eigenvalue weighted by Crippen LogP contribution is -2.29. The van der Waals surface area contributed by atoms with Crippen LogP contribution in [0.3, 0.4) is 0 Å². The second kappa shape index (κ2) is 6.23. The smallest absolute Gasteiger partial charge is 0.254 e. The van der Waals surface area contributed by atoms with Crippen molar-refractivity contribution in [3.63, 3.8) is 0 Å². The highest BCUT2D eigenvalue weighted by molar-refractivity contribution is 7.80. The number of nitrogens with one attached hydrogen (secondary N) is 1. The third-order valence-electron chi connectivity index (χ3n) is 2.57. The second-order valence-electron chi connectivity index (χ2n) is 4.05. The Morgan fingerprint density at radius 2 is 2.19 bits per heavy atom. The highest BCUT2D eigenvalue weighted by Crippen LogP contribution is 2.20. The summed E-state index contributed by atoms with van der Waals surface area (Å²) >= 11 is 4.65. The lowest BCUT2D eigenvalue weighted by atomic mass is 10.1. The molecule has 0 spiro atoms. The third-order valence-corrected chi connectivity index (χ3v) is 2.66. The molecule has 0 unspecified atom stereocenters. The van der Waals surface area contributed by atoms with E-state index >= 15 is 0 Å². The SMILES string of the molecule is CCOc1ccc2cc(C(N)=O)/c(=N/NC(N)=S)oc2c1. The number of carbonyl (C=O) groups is 1. The molecule has 2 aromatic rings. The van der Waals surface area contributed by atoms with Crippen LogP contribution in [-0.4, -0.2) is 17.6 Å². The van der Waals surface area contributed by atoms with E-state index in [1.54, 1.807) is 24.3 Å². The van der Waals surface area contributed by atoms with Gasteiger partial charge in [0.15, 0.2) is 5.11 Å². The Labute approximate surface area is 125 Å². The molecule has 0 aliphatic carbocycles. The quantitative estimate of drug-likeness (QED) is 0.562. The monoisotopic (exact) mass is 306 g/mol. The van der Waals surface area contributed by atoms with Crippen molar-refractivity contribution in [3.8, 4) is 5.75 Å². The van der Waals surface area contributed by atoms with Gasteiger partial charge >= 0.3 is 0 Å². The zero-order valence-corrected chi connectivity index (χ0v) is 12.1. The van der Waals surface area contributed by atoms with Gasteiger partial charge in [0.1, 0.15) is 16.9 Å². The summed E-state index contributed by atoms with van der Waals surface area (Å²) in [5.74, 6) is -0.0214. The minimum absolute atomic E-state index is 0.00329. The lowest BCUT2D eigenvalue weighted by molar-refractivity contribution is 0.0996. The molecule has 1 heterocycles. The summed E-state index contributed by atoms with van der Waals surface area (Å²) in [6, 6.07) is 6.82. The van der Waals surface area contributed by atoms with E-state index in [2.05, 4.69) is 22.7 Å². The van der Waals surface area contributed by atoms with E-state index in [-0.39, 0.29) is 16.2 Å². The Morgan fingerprint density at radius 3 is 2.81 bits per heavy atom. The molecule has 0 fully saturated rings. The molecule has 8 heteroatoms. The molecule has 0 aliphatic heterocycles. The summed E-state index contributed by atoms with van der Waals surface area (Å²) in [4.78, 5) is 11.5. The average Bonchev–Trinajstić information content (AvgIpc) is 2.44. The topological polar surface area (TPSA) is 116 Å². The van der Waals surface area contributed by atoms with Crippen LogP contribution in [-0.2, 0) is 0 Å². The summed E-state index contributed by atoms with van der Waals surface area (Å²) in [6.45, 7) is 2.41. The first kappa shape index (κ1) is 14.8. The normalized spacial score (nSPS) is 11.4. The fraction of sp³-hybridized carbons (Fsp3) is 0.154. The van der Waals surface area contributed by atoms with Crippen LogP contribution in [0.5, 0.6) is 5.75 Å². The average molecular weight is 306 g/mol. The molecule has 0 radical (unpaired) electrons. The van der Waals surface area contributed by atoms with Gasteiger partial charge in [0.25, 0.3) is 5.91 Å². The first-order valence-corrected chi connectivity index (χ1v) is 6.51. The molecule has 1 aromatic carbocycles. The number of thiocarbonyl (C=S) groups is 1. The number of rotatable bonds is 4. The molecule has 0 atom stereocenters. The van der Waals surface area contributed by atoms with Crippen LogP contribution in [0, 0.1) is 0 Å². The van der Waals surface area contributed by atoms with E-state index in [1.807, 2.05) is 6.92 Å². The summed E-state index contributed by atoms with van der Waals surface area (Å²) in [6.07, 6.45) is 0. The number of nitrogens with two attached hydrogens (primary N) is 2. The largest absolute Gasteiger partial charge is 0.494 e. The van der Waals surface area contributed by atoms with Crippen molar-refractivity contribution in [2.24, 2.45) is 16.6 Å². The number of fused-ring (bicyclic) bond motifs is 1. The van der Waals surface area contributed by atoms with Crippen LogP contribution in [0.25, 0.3) is 11.0 Å². The van der Waals surface area contributed by atoms with Crippen LogP contribution in [0.4, 0.5) is 0 Å². The first-order valence-electron chi connectivity index (χ1n) is 6.11. The highest BCUT2D eigenvalue weighted by Gasteiger charge is 2.10. The van der Waals surface area contributed by atoms with Crippen LogP contribution in [0.2, 0.25) is 0 Å². The predicted octanol–water partition coefficient (Wildman–Crippen LogP) is 0.579. The second-order valence-corrected chi connectivity index (χ2v) is 4.49. The van der Waals surface area contributed by atoms with Gasteiger partial charge in [0.2, 0.25) is 5.55 Å². The van der Waals surface area contributed by atoms with Gasteiger partial charge in [-0.05, 0) is 37.3 Å². The number of hydrogen-bond acceptors (Lipinski definition) is 5. The maximum Gasteiger partial charge on any atom is 0.254 e. The van der Waals surface area contributed by atoms with Gasteiger partial charge in [-0.25, -0.2) is 0 Å². The molecular formula is C13H14N4O3S. The summed E-state index contributed by atoms with van der Waals surface area (Å²) in [5, 5.41) is 4.47. The number of carbonyl (C=O) groups excluding carboxylic acids is 1. The molecule has 2 rings (SSSR count). The molecule has 5 N–H and O–H groups in total. The third kappa shape index (κ3) is 3.48. The van der Waals surface area contributed by atoms with Crippen LogP contribution in [0.15, 0.2) is 33.8 Å². The minimum atomic E-state index is -0.668. The molecule has 110 valence electrons. The van der Waals surface area contributed by atoms with Crippen molar-refractivity contribution in [1.29, 1.82) is 0 Å². The molecular weight excluding hydrogens is 292 g/mol. The van der Waals surface area contributed by atoms with Gasteiger partial charge in [-0.2, -0.15) is 0 Å². The molecule has 0 saturated carbocycles. The van der Waals surface area contributed by atoms with Gasteiger partial charge in [0, 0.05) is 11.5 Å². The molecule has 0 saturated heterocycles. The van der Waals surface area contributed by atoms with E-state index in [9.17, 15) is 4.79 Å². The van der Waals surface area contributed by atoms with Gasteiger partial charge in [-0.3, -0.25) is 10.2 Å². The number of benzene rings is 1. The standard InChI is InChI=1S/C13H14N4O3S/c1-2-19-8-4-3-7-5-9(11(14)18)12(16-17-13(15)21)20-10(7)6-8/h3-6H,2H2,1H3,(H2,14,18)(H3,15,17,21)/b16-12-. The number of primary amides is 1. The maximum absolute atomic E-state index is 11.5. The van der Waals surface area contributed by atoms with Gasteiger partial charge in [-0.15, -0.1) is 5.10 Å². The molecule has 0 bridgehead atoms. The summed E-state index contributed by atoms with van der Waals surface area (Å²) in [5.41, 5.74) is 13.6. The number of ether oxygens (including phenoxy) is 1. The molecule has 1 amide bonds. The van der Waals surface area contributed by atoms with Crippen LogP contribution in [0.1, 0.15) is 17.3 Å². The molecule has 21 heavy (non-hydrogen) atoms. The highest BCUT2D eigenvalue weighted by atomic mass is 32.1. The van der Waals surface area contributed by atoms with Crippen molar-refractivity contribution >= 4 is 34.2 Å². The number of amides is 1. The fourth-order valence-corrected chi connectivity index (χ4v) is 1.77. The van der Waals surface area contributed by atoms with Crippen molar-refractivity contribution < 1.29 is 13.9 Å². The lowest BCUT2D eigenvalue weighted by Gasteiger charge is -2.05. The Kier molecular flexibility index (Phi) is 4.39. The molecule has 7 nitrogen and oxygen atoms in total. The number of hydrogen-bond donors (Lipinski definition) is 3. The van der Waals surface area contributed by atoms with Crippen molar-refractivity contribution in [2.75, 3.05) is 6.61 Å². The van der Waals surface area contributed by atoms with Crippen molar-refractivity contribution in [1.82, 2.24) is 5.43 Å². The zero-order chi connectivity index (χ0) is 15.4. The summed E-state index contributed by atoms with van der Waals surface area (Å²) < 4.78 is 11.0. The minimum Gasteiger partial charge on any atom is -0.494 e. The number of nitrogens with zero attached hydrogens (tertiary/aromatic N) is 1. The van der Waals surface area contributed by atoms with Crippen molar-refractivity contribution in [2.45, 2.75) is 6.92 Å². The van der Waals surface area contributed by atoms with E-state index in [1.165, 1.54) is 0 Å². The van der Waals surface area contributed by atoms with E-state index < -0.39 is 5.91 Å². The van der Waals surface area contributed by atoms with E-state index in [0.29, 0.717) is 23.3 Å². The molecule has 0 aliphatic rings. The van der Waals surface area contributed by atoms with Gasteiger partial charge in [0.05, 0.1) is 6.61 Å². The van der Waals surface area contributed by atoms with Crippen LogP contribution < -0.4 is 27.2 Å². The predicted molar refractivity (Wildman–Crippen MR) is 81.4 cm³/mol. The first-order chi connectivity index (χ1) is 10.0. The Morgan fingerprint density at radius 1 is 1.43 bits per heavy atom. The van der Waals surface area contributed by atoms with Crippen LogP contribution >= 0.6 is 12.2 Å². The van der Waals surface area contributed by atoms with Crippen molar-refractivity contribution in [3.05, 3.63) is 35.4 Å². The summed E-state index contributed by atoms with van der Waals surface area (Å²) in [7, 11) is 0. The Balaban J connectivity index is 2.63. The molecule has 1 aromatic heterocycles.